The molecule has 17 rings (SSSR count). The molecule has 6 heteroatoms. The second-order valence-electron chi connectivity index (χ2n) is 37.2. The highest BCUT2D eigenvalue weighted by Gasteiger charge is 2.63. The second-order valence-corrected chi connectivity index (χ2v) is 37.2. The highest BCUT2D eigenvalue weighted by atomic mass is 15.3. The van der Waals surface area contributed by atoms with E-state index in [1.54, 1.807) is 25.7 Å². The van der Waals surface area contributed by atoms with Gasteiger partial charge in [0, 0.05) is 66.5 Å². The molecule has 0 radical (unpaired) electrons. The van der Waals surface area contributed by atoms with Crippen LogP contribution in [0.2, 0.25) is 0 Å². The predicted octanol–water partition coefficient (Wildman–Crippen LogP) is 19.1. The average Bonchev–Trinajstić information content (AvgIpc) is 2.71. The molecule has 12 aliphatic carbocycles. The standard InChI is InChI=1S/C83H136N6/c84-53-70-79(56-35-41-61(42-36-56)87-73-29-13-7-23-64(73)65-24-8-14-30-74(65)87)81(57-37-43-62(44-38-57)88-75-31-15-9-25-66(75)67-26-10-16-32-76(67)88)82(58-39-45-63(46-40-58)89-77-33-17-11-27-68(77)69-28-12-18-34-78(69)89)83(80(70)59-47-49-85-50-48-59)60-51-71(54-19-3-1-4-20-54)86-72(52-60)55-21-5-2-6-22-55/h54-83,85-86H,1-52H2. The van der Waals surface area contributed by atoms with Crippen molar-refractivity contribution >= 4 is 0 Å². The number of nitrogens with one attached hydrogen (secondary N) is 2. The Morgan fingerprint density at radius 3 is 0.843 bits per heavy atom. The van der Waals surface area contributed by atoms with E-state index in [4.69, 9.17) is 5.32 Å². The van der Waals surface area contributed by atoms with Crippen molar-refractivity contribution in [3.05, 3.63) is 0 Å². The van der Waals surface area contributed by atoms with E-state index in [2.05, 4.69) is 26.1 Å². The second kappa shape index (κ2) is 27.7. The van der Waals surface area contributed by atoms with Crippen molar-refractivity contribution < 1.29 is 0 Å². The first kappa shape index (κ1) is 61.9. The van der Waals surface area contributed by atoms with E-state index in [0.29, 0.717) is 23.9 Å². The Morgan fingerprint density at radius 1 is 0.247 bits per heavy atom. The van der Waals surface area contributed by atoms with Crippen LogP contribution in [0.1, 0.15) is 321 Å². The molecule has 0 spiro atoms. The maximum absolute atomic E-state index is 13.0. The Balaban J connectivity index is 0.756. The van der Waals surface area contributed by atoms with Gasteiger partial charge >= 0.3 is 0 Å². The Morgan fingerprint density at radius 2 is 0.517 bits per heavy atom. The summed E-state index contributed by atoms with van der Waals surface area (Å²) in [6.45, 7) is 2.40. The number of fused-ring (bicyclic) bond motifs is 9. The first-order valence-corrected chi connectivity index (χ1v) is 42.3. The first-order valence-electron chi connectivity index (χ1n) is 42.3. The molecule has 89 heavy (non-hydrogen) atoms. The largest absolute Gasteiger partial charge is 0.317 e. The van der Waals surface area contributed by atoms with Crippen LogP contribution >= 0.6 is 0 Å². The molecule has 0 bridgehead atoms. The molecule has 17 fully saturated rings. The summed E-state index contributed by atoms with van der Waals surface area (Å²) in [6.07, 6.45) is 74.7. The van der Waals surface area contributed by atoms with Gasteiger partial charge in [0.1, 0.15) is 0 Å². The molecule has 6 nitrogen and oxygen atoms in total. The number of hydrogen-bond acceptors (Lipinski definition) is 6. The van der Waals surface area contributed by atoms with Crippen LogP contribution in [-0.4, -0.2) is 94.2 Å². The van der Waals surface area contributed by atoms with E-state index >= 15 is 0 Å². The van der Waals surface area contributed by atoms with E-state index in [1.165, 1.54) is 308 Å². The van der Waals surface area contributed by atoms with Crippen LogP contribution in [0.4, 0.5) is 0 Å². The third-order valence-corrected chi connectivity index (χ3v) is 34.0. The molecular weight excluding hydrogens is 1080 g/mol. The molecule has 0 aromatic heterocycles. The smallest absolute Gasteiger partial charge is 0.0662 e. The third-order valence-electron chi connectivity index (χ3n) is 34.0. The van der Waals surface area contributed by atoms with Gasteiger partial charge in [0.15, 0.2) is 0 Å². The maximum Gasteiger partial charge on any atom is 0.0662 e. The number of nitrogens with zero attached hydrogens (tertiary/aromatic N) is 4. The Bertz CT molecular complexity index is 2210. The molecule has 20 unspecified atom stereocenters. The molecule has 0 aromatic carbocycles. The molecule has 0 amide bonds. The fourth-order valence-corrected chi connectivity index (χ4v) is 31.0. The van der Waals surface area contributed by atoms with E-state index in [1.807, 2.05) is 0 Å². The lowest BCUT2D eigenvalue weighted by molar-refractivity contribution is -0.143. The summed E-state index contributed by atoms with van der Waals surface area (Å²) in [4.78, 5) is 10.1. The number of hydrogen-bond donors (Lipinski definition) is 2. The maximum atomic E-state index is 13.0. The number of nitriles is 1. The Kier molecular flexibility index (Phi) is 19.2. The topological polar surface area (TPSA) is 57.6 Å². The molecule has 5 aliphatic heterocycles. The minimum Gasteiger partial charge on any atom is -0.317 e. The molecule has 20 atom stereocenters. The van der Waals surface area contributed by atoms with Gasteiger partial charge in [-0.3, -0.25) is 14.7 Å². The van der Waals surface area contributed by atoms with Gasteiger partial charge in [-0.05, 0) is 325 Å². The van der Waals surface area contributed by atoms with Crippen molar-refractivity contribution in [1.82, 2.24) is 25.3 Å². The van der Waals surface area contributed by atoms with Crippen molar-refractivity contribution in [2.24, 2.45) is 112 Å². The summed E-state index contributed by atoms with van der Waals surface area (Å²) in [6, 6.07) is 13.0. The van der Waals surface area contributed by atoms with E-state index in [-0.39, 0.29) is 5.92 Å². The first-order chi connectivity index (χ1) is 44.1. The Labute approximate surface area is 546 Å². The van der Waals surface area contributed by atoms with Gasteiger partial charge in [0.25, 0.3) is 0 Å². The van der Waals surface area contributed by atoms with Crippen molar-refractivity contribution in [3.8, 4) is 6.07 Å². The van der Waals surface area contributed by atoms with Crippen LogP contribution < -0.4 is 10.6 Å². The number of rotatable bonds is 10. The lowest BCUT2D eigenvalue weighted by Gasteiger charge is -2.63. The molecule has 12 saturated carbocycles. The van der Waals surface area contributed by atoms with E-state index in [0.717, 1.165) is 149 Å². The molecule has 0 aromatic rings. The van der Waals surface area contributed by atoms with Gasteiger partial charge in [-0.1, -0.05) is 116 Å². The molecule has 2 N–H and O–H groups in total. The summed E-state index contributed by atoms with van der Waals surface area (Å²) < 4.78 is 0. The predicted molar refractivity (Wildman–Crippen MR) is 366 cm³/mol. The monoisotopic (exact) mass is 1220 g/mol. The van der Waals surface area contributed by atoms with Crippen LogP contribution in [0.25, 0.3) is 0 Å². The lowest BCUT2D eigenvalue weighted by Crippen LogP contribution is -2.61. The van der Waals surface area contributed by atoms with Crippen LogP contribution in [0.5, 0.6) is 0 Å². The highest BCUT2D eigenvalue weighted by molar-refractivity contribution is 5.16. The van der Waals surface area contributed by atoms with Crippen LogP contribution in [0.3, 0.4) is 0 Å². The fraction of sp³-hybridized carbons (Fsp3) is 0.988. The lowest BCUT2D eigenvalue weighted by atomic mass is 9.42. The molecule has 5 heterocycles. The van der Waals surface area contributed by atoms with Crippen molar-refractivity contribution in [1.29, 1.82) is 5.26 Å². The Hall–Kier alpha value is -0.710. The van der Waals surface area contributed by atoms with Gasteiger partial charge in [-0.25, -0.2) is 0 Å². The minimum atomic E-state index is 0.258. The quantitative estimate of drug-likeness (QED) is 0.227. The summed E-state index contributed by atoms with van der Waals surface area (Å²) in [5.74, 6) is 15.6. The highest BCUT2D eigenvalue weighted by Crippen LogP contribution is 2.66. The SMILES string of the molecule is N#CC1C(C2CCC(N3C4CCCCC4C4CCCCC43)CC2)C(C2CCC(N3C4CCCCC4C4CCCCC43)CC2)C(C2CCC(N3C4CCCCC4C4CCCCC43)CC2)C(C2CC(C3CCCCC3)NC(C3CCCCC3)C2)C1C1CCNCC1. The number of piperidine rings is 2. The van der Waals surface area contributed by atoms with Crippen molar-refractivity contribution in [2.45, 2.75) is 388 Å². The van der Waals surface area contributed by atoms with Crippen LogP contribution in [0.15, 0.2) is 0 Å². The molecule has 5 saturated heterocycles. The third kappa shape index (κ3) is 11.7. The van der Waals surface area contributed by atoms with Crippen LogP contribution in [0, 0.1) is 124 Å². The number of likely N-dealkylation sites (tertiary alicyclic amines) is 3. The normalized spacial score (nSPS) is 51.0. The van der Waals surface area contributed by atoms with Gasteiger partial charge in [0.2, 0.25) is 0 Å². The summed E-state index contributed by atoms with van der Waals surface area (Å²) >= 11 is 0. The summed E-state index contributed by atoms with van der Waals surface area (Å²) in [5.41, 5.74) is 0. The van der Waals surface area contributed by atoms with Crippen molar-refractivity contribution in [3.63, 3.8) is 0 Å². The van der Waals surface area contributed by atoms with E-state index < -0.39 is 0 Å². The zero-order valence-corrected chi connectivity index (χ0v) is 57.4. The van der Waals surface area contributed by atoms with Gasteiger partial charge in [-0.2, -0.15) is 5.26 Å². The van der Waals surface area contributed by atoms with Gasteiger partial charge < -0.3 is 10.6 Å². The minimum absolute atomic E-state index is 0.258. The molecular formula is C83H136N6. The summed E-state index contributed by atoms with van der Waals surface area (Å²) in [7, 11) is 0. The zero-order valence-electron chi connectivity index (χ0n) is 57.4. The van der Waals surface area contributed by atoms with Gasteiger partial charge in [-0.15, -0.1) is 0 Å². The van der Waals surface area contributed by atoms with E-state index in [9.17, 15) is 5.26 Å². The zero-order chi connectivity index (χ0) is 58.9. The summed E-state index contributed by atoms with van der Waals surface area (Å²) in [5, 5.41) is 21.7. The van der Waals surface area contributed by atoms with Crippen LogP contribution in [-0.2, 0) is 0 Å². The van der Waals surface area contributed by atoms with Crippen molar-refractivity contribution in [2.75, 3.05) is 13.1 Å². The fourth-order valence-electron chi connectivity index (χ4n) is 31.0. The average molecular weight is 1220 g/mol. The molecule has 17 aliphatic rings. The molecule has 498 valence electrons. The van der Waals surface area contributed by atoms with Gasteiger partial charge in [0.05, 0.1) is 12.0 Å².